The molecular weight excluding hydrogens is 242 g/mol. The second-order valence-corrected chi connectivity index (χ2v) is 4.74. The monoisotopic (exact) mass is 251 g/mol. The lowest BCUT2D eigenvalue weighted by Crippen LogP contribution is -1.78. The van der Waals surface area contributed by atoms with Crippen molar-refractivity contribution in [3.05, 3.63) is 59.4 Å². The van der Waals surface area contributed by atoms with Gasteiger partial charge >= 0.3 is 0 Å². The predicted molar refractivity (Wildman–Crippen MR) is 74.0 cm³/mol. The zero-order chi connectivity index (χ0) is 12.4. The number of nitriles is 1. The number of fused-ring (bicyclic) bond motifs is 1. The first-order valence-electron chi connectivity index (χ1n) is 5.50. The zero-order valence-corrected chi connectivity index (χ0v) is 10.3. The van der Waals surface area contributed by atoms with Gasteiger partial charge in [0.1, 0.15) is 5.76 Å². The number of rotatable bonds is 2. The van der Waals surface area contributed by atoms with Crippen LogP contribution in [0.2, 0.25) is 0 Å². The van der Waals surface area contributed by atoms with Crippen LogP contribution in [0.1, 0.15) is 11.3 Å². The Kier molecular flexibility index (Phi) is 2.71. The molecule has 1 aromatic carbocycles. The SMILES string of the molecule is N#C/C(=C\c1ccco1)c1csc2ccccc12. The highest BCUT2D eigenvalue weighted by molar-refractivity contribution is 7.17. The van der Waals surface area contributed by atoms with Gasteiger partial charge in [0.05, 0.1) is 17.9 Å². The molecule has 0 N–H and O–H groups in total. The van der Waals surface area contributed by atoms with Crippen molar-refractivity contribution in [2.45, 2.75) is 0 Å². The molecule has 2 aromatic heterocycles. The van der Waals surface area contributed by atoms with E-state index in [-0.39, 0.29) is 0 Å². The molecule has 3 heteroatoms. The Hall–Kier alpha value is -2.31. The third-order valence-electron chi connectivity index (χ3n) is 2.72. The fourth-order valence-corrected chi connectivity index (χ4v) is 2.83. The minimum absolute atomic E-state index is 0.627. The van der Waals surface area contributed by atoms with Gasteiger partial charge in [0.15, 0.2) is 0 Å². The van der Waals surface area contributed by atoms with Crippen molar-refractivity contribution in [1.29, 1.82) is 5.26 Å². The zero-order valence-electron chi connectivity index (χ0n) is 9.46. The fourth-order valence-electron chi connectivity index (χ4n) is 1.87. The number of nitrogens with zero attached hydrogens (tertiary/aromatic N) is 1. The third kappa shape index (κ3) is 1.83. The predicted octanol–water partition coefficient (Wildman–Crippen LogP) is 4.56. The molecule has 86 valence electrons. The van der Waals surface area contributed by atoms with Crippen LogP contribution in [0.3, 0.4) is 0 Å². The third-order valence-corrected chi connectivity index (χ3v) is 3.68. The van der Waals surface area contributed by atoms with Crippen molar-refractivity contribution in [1.82, 2.24) is 0 Å². The van der Waals surface area contributed by atoms with Gasteiger partial charge in [-0.25, -0.2) is 0 Å². The summed E-state index contributed by atoms with van der Waals surface area (Å²) in [6.45, 7) is 0. The summed E-state index contributed by atoms with van der Waals surface area (Å²) >= 11 is 1.65. The molecular formula is C15H9NOS. The van der Waals surface area contributed by atoms with E-state index in [0.29, 0.717) is 11.3 Å². The van der Waals surface area contributed by atoms with Crippen LogP contribution >= 0.6 is 11.3 Å². The molecule has 3 rings (SSSR count). The van der Waals surface area contributed by atoms with Crippen LogP contribution < -0.4 is 0 Å². The molecule has 0 aliphatic rings. The smallest absolute Gasteiger partial charge is 0.127 e. The summed E-state index contributed by atoms with van der Waals surface area (Å²) in [7, 11) is 0. The summed E-state index contributed by atoms with van der Waals surface area (Å²) in [5.74, 6) is 0.696. The fraction of sp³-hybridized carbons (Fsp3) is 0. The molecule has 0 bridgehead atoms. The molecule has 0 aliphatic carbocycles. The van der Waals surface area contributed by atoms with Gasteiger partial charge in [-0.1, -0.05) is 18.2 Å². The van der Waals surface area contributed by atoms with Crippen LogP contribution in [0, 0.1) is 11.3 Å². The van der Waals surface area contributed by atoms with Gasteiger partial charge in [0.25, 0.3) is 0 Å². The average molecular weight is 251 g/mol. The number of hydrogen-bond acceptors (Lipinski definition) is 3. The highest BCUT2D eigenvalue weighted by Crippen LogP contribution is 2.31. The minimum atomic E-state index is 0.627. The Balaban J connectivity index is 2.16. The topological polar surface area (TPSA) is 36.9 Å². The van der Waals surface area contributed by atoms with Crippen LogP contribution in [-0.4, -0.2) is 0 Å². The van der Waals surface area contributed by atoms with Crippen LogP contribution in [0.5, 0.6) is 0 Å². The Bertz CT molecular complexity index is 744. The Morgan fingerprint density at radius 3 is 2.89 bits per heavy atom. The van der Waals surface area contributed by atoms with E-state index in [1.165, 1.54) is 4.70 Å². The molecule has 0 unspecified atom stereocenters. The van der Waals surface area contributed by atoms with Crippen molar-refractivity contribution in [2.75, 3.05) is 0 Å². The van der Waals surface area contributed by atoms with Gasteiger partial charge in [-0.05, 0) is 24.3 Å². The first-order chi connectivity index (χ1) is 8.88. The standard InChI is InChI=1S/C15H9NOS/c16-9-11(8-12-4-3-7-17-12)14-10-18-15-6-2-1-5-13(14)15/h1-8,10H/b11-8+. The highest BCUT2D eigenvalue weighted by atomic mass is 32.1. The van der Waals surface area contributed by atoms with E-state index in [9.17, 15) is 5.26 Å². The molecule has 0 saturated heterocycles. The van der Waals surface area contributed by atoms with E-state index in [0.717, 1.165) is 10.9 Å². The number of benzene rings is 1. The Morgan fingerprint density at radius 2 is 2.11 bits per heavy atom. The lowest BCUT2D eigenvalue weighted by molar-refractivity contribution is 0.557. The Morgan fingerprint density at radius 1 is 1.22 bits per heavy atom. The van der Waals surface area contributed by atoms with Gasteiger partial charge in [-0.15, -0.1) is 11.3 Å². The van der Waals surface area contributed by atoms with Crippen LogP contribution in [0.25, 0.3) is 21.7 Å². The van der Waals surface area contributed by atoms with Crippen molar-refractivity contribution in [2.24, 2.45) is 0 Å². The summed E-state index contributed by atoms with van der Waals surface area (Å²) in [6, 6.07) is 14.0. The van der Waals surface area contributed by atoms with E-state index in [1.54, 1.807) is 23.7 Å². The normalized spacial score (nSPS) is 11.6. The van der Waals surface area contributed by atoms with Crippen molar-refractivity contribution >= 4 is 33.1 Å². The van der Waals surface area contributed by atoms with E-state index < -0.39 is 0 Å². The van der Waals surface area contributed by atoms with Gasteiger partial charge in [-0.2, -0.15) is 5.26 Å². The second kappa shape index (κ2) is 4.52. The first-order valence-corrected chi connectivity index (χ1v) is 6.38. The van der Waals surface area contributed by atoms with E-state index in [2.05, 4.69) is 12.1 Å². The maximum absolute atomic E-state index is 9.30. The van der Waals surface area contributed by atoms with Gasteiger partial charge < -0.3 is 4.42 Å². The van der Waals surface area contributed by atoms with Crippen molar-refractivity contribution in [3.8, 4) is 6.07 Å². The average Bonchev–Trinajstić information content (AvgIpc) is 3.05. The molecule has 18 heavy (non-hydrogen) atoms. The summed E-state index contributed by atoms with van der Waals surface area (Å²) < 4.78 is 6.44. The summed E-state index contributed by atoms with van der Waals surface area (Å²) in [6.07, 6.45) is 3.38. The summed E-state index contributed by atoms with van der Waals surface area (Å²) in [4.78, 5) is 0. The molecule has 0 aliphatic heterocycles. The van der Waals surface area contributed by atoms with Crippen LogP contribution in [0.4, 0.5) is 0 Å². The summed E-state index contributed by atoms with van der Waals surface area (Å²) in [5.41, 5.74) is 1.59. The van der Waals surface area contributed by atoms with Crippen molar-refractivity contribution in [3.63, 3.8) is 0 Å². The van der Waals surface area contributed by atoms with Crippen LogP contribution in [-0.2, 0) is 0 Å². The maximum atomic E-state index is 9.30. The van der Waals surface area contributed by atoms with Crippen molar-refractivity contribution < 1.29 is 4.42 Å². The van der Waals surface area contributed by atoms with E-state index >= 15 is 0 Å². The number of allylic oxidation sites excluding steroid dienone is 1. The van der Waals surface area contributed by atoms with Gasteiger partial charge in [0.2, 0.25) is 0 Å². The highest BCUT2D eigenvalue weighted by Gasteiger charge is 2.08. The minimum Gasteiger partial charge on any atom is -0.465 e. The van der Waals surface area contributed by atoms with Gasteiger partial charge in [0, 0.05) is 21.0 Å². The molecule has 0 spiro atoms. The molecule has 3 aromatic rings. The lowest BCUT2D eigenvalue weighted by atomic mass is 10.1. The molecule has 0 radical (unpaired) electrons. The maximum Gasteiger partial charge on any atom is 0.127 e. The quantitative estimate of drug-likeness (QED) is 0.626. The molecule has 0 atom stereocenters. The Labute approximate surface area is 108 Å². The first kappa shape index (κ1) is 10.8. The molecule has 0 saturated carbocycles. The van der Waals surface area contributed by atoms with Gasteiger partial charge in [-0.3, -0.25) is 0 Å². The molecule has 0 fully saturated rings. The van der Waals surface area contributed by atoms with Crippen LogP contribution in [0.15, 0.2) is 52.5 Å². The second-order valence-electron chi connectivity index (χ2n) is 3.83. The largest absolute Gasteiger partial charge is 0.465 e. The number of hydrogen-bond donors (Lipinski definition) is 0. The van der Waals surface area contributed by atoms with E-state index in [1.807, 2.05) is 35.7 Å². The number of furan rings is 1. The molecule has 2 heterocycles. The summed E-state index contributed by atoms with van der Waals surface area (Å²) in [5, 5.41) is 12.4. The van der Waals surface area contributed by atoms with E-state index in [4.69, 9.17) is 4.42 Å². The number of thiophene rings is 1. The molecule has 2 nitrogen and oxygen atoms in total. The lowest BCUT2D eigenvalue weighted by Gasteiger charge is -1.96. The molecule has 0 amide bonds.